The molecule has 0 radical (unpaired) electrons. The SMILES string of the molecule is CC.CC.NCC(=O)c1ccc(-c2ccc(C(=O)CN)cc2)cc1. The van der Waals surface area contributed by atoms with Gasteiger partial charge >= 0.3 is 0 Å². The molecular weight excluding hydrogens is 300 g/mol. The normalized spacial score (nSPS) is 9.08. The van der Waals surface area contributed by atoms with Gasteiger partial charge in [-0.05, 0) is 11.1 Å². The van der Waals surface area contributed by atoms with E-state index in [4.69, 9.17) is 11.5 Å². The number of Topliss-reactive ketones (excluding diaryl/α,β-unsaturated/α-hetero) is 2. The molecule has 0 aliphatic carbocycles. The maximum absolute atomic E-state index is 11.4. The largest absolute Gasteiger partial charge is 0.324 e. The second-order valence-corrected chi connectivity index (χ2v) is 4.41. The lowest BCUT2D eigenvalue weighted by Crippen LogP contribution is -2.13. The lowest BCUT2D eigenvalue weighted by Gasteiger charge is -2.05. The maximum atomic E-state index is 11.4. The van der Waals surface area contributed by atoms with E-state index in [2.05, 4.69) is 0 Å². The average molecular weight is 328 g/mol. The molecule has 130 valence electrons. The van der Waals surface area contributed by atoms with E-state index in [0.29, 0.717) is 11.1 Å². The van der Waals surface area contributed by atoms with Crippen molar-refractivity contribution in [3.8, 4) is 11.1 Å². The van der Waals surface area contributed by atoms with Crippen molar-refractivity contribution in [1.29, 1.82) is 0 Å². The van der Waals surface area contributed by atoms with Gasteiger partial charge in [-0.2, -0.15) is 0 Å². The summed E-state index contributed by atoms with van der Waals surface area (Å²) in [6, 6.07) is 14.5. The topological polar surface area (TPSA) is 86.2 Å². The highest BCUT2D eigenvalue weighted by molar-refractivity contribution is 5.98. The predicted molar refractivity (Wildman–Crippen MR) is 101 cm³/mol. The molecule has 0 heterocycles. The highest BCUT2D eigenvalue weighted by Gasteiger charge is 2.05. The summed E-state index contributed by atoms with van der Waals surface area (Å²) in [5.41, 5.74) is 13.8. The van der Waals surface area contributed by atoms with Gasteiger partial charge in [0.25, 0.3) is 0 Å². The minimum Gasteiger partial charge on any atom is -0.324 e. The third-order valence-electron chi connectivity index (χ3n) is 3.12. The lowest BCUT2D eigenvalue weighted by molar-refractivity contribution is 0.0993. The van der Waals surface area contributed by atoms with E-state index >= 15 is 0 Å². The summed E-state index contributed by atoms with van der Waals surface area (Å²) in [5, 5.41) is 0. The molecule has 24 heavy (non-hydrogen) atoms. The van der Waals surface area contributed by atoms with E-state index in [1.54, 1.807) is 24.3 Å². The zero-order valence-corrected chi connectivity index (χ0v) is 15.0. The average Bonchev–Trinajstić information content (AvgIpc) is 2.70. The smallest absolute Gasteiger partial charge is 0.176 e. The van der Waals surface area contributed by atoms with Crippen molar-refractivity contribution < 1.29 is 9.59 Å². The molecule has 4 nitrogen and oxygen atoms in total. The highest BCUT2D eigenvalue weighted by Crippen LogP contribution is 2.20. The standard InChI is InChI=1S/C16H16N2O2.2C2H6/c17-9-15(19)13-5-1-11(2-6-13)12-3-7-14(8-4-12)16(20)10-18;2*1-2/h1-8H,9-10,17-18H2;2*1-2H3. The molecule has 2 aromatic carbocycles. The molecule has 0 saturated heterocycles. The number of carbonyl (C=O) groups is 2. The summed E-state index contributed by atoms with van der Waals surface area (Å²) in [7, 11) is 0. The number of rotatable bonds is 5. The Morgan fingerprint density at radius 3 is 1.08 bits per heavy atom. The van der Waals surface area contributed by atoms with Gasteiger partial charge in [-0.1, -0.05) is 76.2 Å². The van der Waals surface area contributed by atoms with E-state index in [1.807, 2.05) is 52.0 Å². The summed E-state index contributed by atoms with van der Waals surface area (Å²) in [6.07, 6.45) is 0. The van der Waals surface area contributed by atoms with E-state index in [9.17, 15) is 9.59 Å². The van der Waals surface area contributed by atoms with Crippen LogP contribution in [0.1, 0.15) is 48.4 Å². The van der Waals surface area contributed by atoms with Crippen molar-refractivity contribution in [2.24, 2.45) is 11.5 Å². The van der Waals surface area contributed by atoms with Gasteiger partial charge in [-0.15, -0.1) is 0 Å². The molecule has 0 fully saturated rings. The monoisotopic (exact) mass is 328 g/mol. The molecule has 0 saturated carbocycles. The number of ketones is 2. The zero-order valence-electron chi connectivity index (χ0n) is 15.0. The third-order valence-corrected chi connectivity index (χ3v) is 3.12. The Kier molecular flexibility index (Phi) is 11.0. The van der Waals surface area contributed by atoms with Crippen LogP contribution in [0, 0.1) is 0 Å². The second kappa shape index (κ2) is 12.2. The van der Waals surface area contributed by atoms with Gasteiger partial charge in [-0.3, -0.25) is 9.59 Å². The first-order valence-electron chi connectivity index (χ1n) is 8.32. The molecule has 2 rings (SSSR count). The van der Waals surface area contributed by atoms with E-state index in [0.717, 1.165) is 11.1 Å². The molecule has 4 N–H and O–H groups in total. The lowest BCUT2D eigenvalue weighted by atomic mass is 10.0. The molecule has 2 aromatic rings. The van der Waals surface area contributed by atoms with Crippen LogP contribution >= 0.6 is 0 Å². The van der Waals surface area contributed by atoms with Crippen LogP contribution in [-0.2, 0) is 0 Å². The zero-order chi connectivity index (χ0) is 18.5. The molecule has 0 aliphatic heterocycles. The molecule has 0 aromatic heterocycles. The Balaban J connectivity index is 0.00000123. The van der Waals surface area contributed by atoms with Gasteiger partial charge in [-0.25, -0.2) is 0 Å². The van der Waals surface area contributed by atoms with Crippen molar-refractivity contribution in [3.63, 3.8) is 0 Å². The first kappa shape index (κ1) is 21.7. The van der Waals surface area contributed by atoms with Crippen LogP contribution in [0.4, 0.5) is 0 Å². The van der Waals surface area contributed by atoms with Crippen molar-refractivity contribution in [2.45, 2.75) is 27.7 Å². The first-order chi connectivity index (χ1) is 11.7. The van der Waals surface area contributed by atoms with Crippen LogP contribution in [0.3, 0.4) is 0 Å². The Hall–Kier alpha value is -2.30. The molecule has 0 unspecified atom stereocenters. The van der Waals surface area contributed by atoms with Gasteiger partial charge in [0.05, 0.1) is 13.1 Å². The van der Waals surface area contributed by atoms with Gasteiger partial charge in [0.15, 0.2) is 11.6 Å². The Morgan fingerprint density at radius 2 is 0.875 bits per heavy atom. The summed E-state index contributed by atoms with van der Waals surface area (Å²) in [4.78, 5) is 22.9. The van der Waals surface area contributed by atoms with Crippen molar-refractivity contribution in [3.05, 3.63) is 59.7 Å². The fraction of sp³-hybridized carbons (Fsp3) is 0.300. The van der Waals surface area contributed by atoms with Crippen LogP contribution < -0.4 is 11.5 Å². The first-order valence-corrected chi connectivity index (χ1v) is 8.32. The van der Waals surface area contributed by atoms with Crippen LogP contribution in [0.2, 0.25) is 0 Å². The summed E-state index contributed by atoms with van der Waals surface area (Å²) < 4.78 is 0. The highest BCUT2D eigenvalue weighted by atomic mass is 16.1. The Morgan fingerprint density at radius 1 is 0.625 bits per heavy atom. The number of nitrogens with two attached hydrogens (primary N) is 2. The summed E-state index contributed by atoms with van der Waals surface area (Å²) >= 11 is 0. The van der Waals surface area contributed by atoms with Crippen LogP contribution in [-0.4, -0.2) is 24.7 Å². The quantitative estimate of drug-likeness (QED) is 0.820. The van der Waals surface area contributed by atoms with E-state index in [1.165, 1.54) is 0 Å². The number of hydrogen-bond acceptors (Lipinski definition) is 4. The molecule has 0 atom stereocenters. The molecule has 0 amide bonds. The third kappa shape index (κ3) is 6.07. The maximum Gasteiger partial charge on any atom is 0.176 e. The Labute approximate surface area is 144 Å². The predicted octanol–water partition coefficient (Wildman–Crippen LogP) is 3.69. The van der Waals surface area contributed by atoms with Crippen LogP contribution in [0.15, 0.2) is 48.5 Å². The molecule has 0 spiro atoms. The van der Waals surface area contributed by atoms with Gasteiger partial charge in [0.1, 0.15) is 0 Å². The minimum atomic E-state index is -0.0829. The van der Waals surface area contributed by atoms with Crippen LogP contribution in [0.5, 0.6) is 0 Å². The van der Waals surface area contributed by atoms with E-state index < -0.39 is 0 Å². The fourth-order valence-electron chi connectivity index (χ4n) is 1.93. The van der Waals surface area contributed by atoms with Crippen molar-refractivity contribution in [2.75, 3.05) is 13.1 Å². The number of hydrogen-bond donors (Lipinski definition) is 2. The van der Waals surface area contributed by atoms with E-state index in [-0.39, 0.29) is 24.7 Å². The Bertz CT molecular complexity index is 560. The minimum absolute atomic E-state index is 0.00917. The molecule has 0 bridgehead atoms. The molecule has 0 aliphatic rings. The number of carbonyl (C=O) groups excluding carboxylic acids is 2. The molecule has 4 heteroatoms. The van der Waals surface area contributed by atoms with Crippen molar-refractivity contribution >= 4 is 11.6 Å². The van der Waals surface area contributed by atoms with Crippen LogP contribution in [0.25, 0.3) is 11.1 Å². The van der Waals surface area contributed by atoms with Gasteiger partial charge < -0.3 is 11.5 Å². The van der Waals surface area contributed by atoms with Crippen molar-refractivity contribution in [1.82, 2.24) is 0 Å². The number of benzene rings is 2. The molecular formula is C20H28N2O2. The summed E-state index contributed by atoms with van der Waals surface area (Å²) in [5.74, 6) is -0.166. The van der Waals surface area contributed by atoms with Gasteiger partial charge in [0.2, 0.25) is 0 Å². The fourth-order valence-corrected chi connectivity index (χ4v) is 1.93. The second-order valence-electron chi connectivity index (χ2n) is 4.41. The van der Waals surface area contributed by atoms with Gasteiger partial charge in [0, 0.05) is 11.1 Å². The summed E-state index contributed by atoms with van der Waals surface area (Å²) in [6.45, 7) is 8.02.